The van der Waals surface area contributed by atoms with Crippen molar-refractivity contribution in [1.29, 1.82) is 0 Å². The van der Waals surface area contributed by atoms with Crippen LogP contribution in [0.1, 0.15) is 15.9 Å². The van der Waals surface area contributed by atoms with Crippen molar-refractivity contribution in [3.8, 4) is 11.6 Å². The van der Waals surface area contributed by atoms with Gasteiger partial charge < -0.3 is 25.4 Å². The number of aromatic carboxylic acids is 1. The highest BCUT2D eigenvalue weighted by molar-refractivity contribution is 5.91. The van der Waals surface area contributed by atoms with Crippen molar-refractivity contribution in [1.82, 2.24) is 4.98 Å². The lowest BCUT2D eigenvalue weighted by atomic mass is 10.1. The minimum absolute atomic E-state index is 0.00115. The number of methoxy groups -OCH3 is 1. The van der Waals surface area contributed by atoms with Gasteiger partial charge in [-0.15, -0.1) is 0 Å². The number of carbonyl (C=O) groups is 2. The molecule has 1 aromatic carbocycles. The average molecular weight is 416 g/mol. The second kappa shape index (κ2) is 10.9. The summed E-state index contributed by atoms with van der Waals surface area (Å²) in [5.41, 5.74) is 7.12. The molecule has 1 aromatic heterocycles. The van der Waals surface area contributed by atoms with Crippen molar-refractivity contribution in [2.75, 3.05) is 13.7 Å². The first-order valence-electron chi connectivity index (χ1n) is 8.04. The molecule has 0 radical (unpaired) electrons. The number of ether oxygens (including phenoxy) is 2. The molecule has 1 atom stereocenters. The molecule has 1 unspecified atom stereocenters. The second-order valence-corrected chi connectivity index (χ2v) is 5.59. The average Bonchev–Trinajstić information content (AvgIpc) is 2.66. The maximum Gasteiger partial charge on any atom is 0.490 e. The lowest BCUT2D eigenvalue weighted by molar-refractivity contribution is -0.192. The molecule has 2 aromatic rings. The minimum Gasteiger partial charge on any atom is -0.489 e. The third kappa shape index (κ3) is 8.47. The number of benzene rings is 1. The number of carboxylic acid groups (broad SMARTS) is 2. The Balaban J connectivity index is 0.000000516. The maximum absolute atomic E-state index is 11.2. The van der Waals surface area contributed by atoms with E-state index in [1.807, 2.05) is 30.3 Å². The van der Waals surface area contributed by atoms with Crippen molar-refractivity contribution >= 4 is 11.9 Å². The number of rotatable bonds is 7. The Morgan fingerprint density at radius 2 is 1.79 bits per heavy atom. The van der Waals surface area contributed by atoms with Crippen LogP contribution in [0, 0.1) is 0 Å². The fourth-order valence-electron chi connectivity index (χ4n) is 1.99. The van der Waals surface area contributed by atoms with Gasteiger partial charge in [-0.2, -0.15) is 13.2 Å². The molecule has 0 bridgehead atoms. The van der Waals surface area contributed by atoms with Crippen molar-refractivity contribution in [2.45, 2.75) is 18.6 Å². The summed E-state index contributed by atoms with van der Waals surface area (Å²) in [6.45, 7) is 0.198. The minimum atomic E-state index is -5.08. The molecule has 11 heteroatoms. The number of aliphatic carboxylic acids is 1. The van der Waals surface area contributed by atoms with Gasteiger partial charge in [0.2, 0.25) is 5.88 Å². The Bertz CT molecular complexity index is 815. The van der Waals surface area contributed by atoms with E-state index in [9.17, 15) is 23.1 Å². The Morgan fingerprint density at radius 3 is 2.28 bits per heavy atom. The highest BCUT2D eigenvalue weighted by Crippen LogP contribution is 2.21. The summed E-state index contributed by atoms with van der Waals surface area (Å²) >= 11 is 0. The Labute approximate surface area is 163 Å². The van der Waals surface area contributed by atoms with Crippen molar-refractivity contribution < 1.29 is 42.4 Å². The molecule has 0 saturated carbocycles. The Kier molecular flexibility index (Phi) is 8.87. The van der Waals surface area contributed by atoms with Crippen LogP contribution in [-0.4, -0.2) is 53.1 Å². The van der Waals surface area contributed by atoms with Gasteiger partial charge in [-0.1, -0.05) is 30.3 Å². The topological polar surface area (TPSA) is 132 Å². The first-order valence-corrected chi connectivity index (χ1v) is 8.04. The highest BCUT2D eigenvalue weighted by Gasteiger charge is 2.38. The maximum atomic E-state index is 11.2. The van der Waals surface area contributed by atoms with Gasteiger partial charge in [0.1, 0.15) is 12.2 Å². The van der Waals surface area contributed by atoms with Gasteiger partial charge in [0.25, 0.3) is 0 Å². The third-order valence-corrected chi connectivity index (χ3v) is 3.32. The number of halogens is 3. The number of carboxylic acids is 2. The van der Waals surface area contributed by atoms with Crippen LogP contribution in [0.25, 0.3) is 0 Å². The molecule has 0 saturated heterocycles. The highest BCUT2D eigenvalue weighted by atomic mass is 19.4. The van der Waals surface area contributed by atoms with E-state index in [-0.39, 0.29) is 29.8 Å². The van der Waals surface area contributed by atoms with Crippen molar-refractivity contribution in [3.05, 3.63) is 53.7 Å². The van der Waals surface area contributed by atoms with Crippen LogP contribution in [0.15, 0.2) is 42.6 Å². The summed E-state index contributed by atoms with van der Waals surface area (Å²) in [5, 5.41) is 16.3. The van der Waals surface area contributed by atoms with E-state index >= 15 is 0 Å². The van der Waals surface area contributed by atoms with Gasteiger partial charge in [0, 0.05) is 12.1 Å². The lowest BCUT2D eigenvalue weighted by Gasteiger charge is -2.14. The van der Waals surface area contributed by atoms with Gasteiger partial charge in [0.05, 0.1) is 13.3 Å². The monoisotopic (exact) mass is 416 g/mol. The molecule has 29 heavy (non-hydrogen) atoms. The van der Waals surface area contributed by atoms with E-state index in [2.05, 4.69) is 4.98 Å². The molecule has 8 nitrogen and oxygen atoms in total. The summed E-state index contributed by atoms with van der Waals surface area (Å²) in [4.78, 5) is 24.1. The van der Waals surface area contributed by atoms with Crippen LogP contribution in [0.2, 0.25) is 0 Å². The van der Waals surface area contributed by atoms with E-state index in [0.717, 1.165) is 5.56 Å². The molecule has 0 aliphatic rings. The first kappa shape index (κ1) is 23.7. The standard InChI is InChI=1S/C16H18N2O4.C2HF3O2/c1-21-15-8-13(16(19)20)14(9-18-15)22-10-12(17)7-11-5-3-2-4-6-11;3-2(4,5)1(6)7/h2-6,8-9,12H,7,10,17H2,1H3,(H,19,20);(H,6,7). The molecule has 0 amide bonds. The van der Waals surface area contributed by atoms with Crippen LogP contribution in [0.5, 0.6) is 11.6 Å². The van der Waals surface area contributed by atoms with E-state index in [1.54, 1.807) is 0 Å². The molecular weight excluding hydrogens is 397 g/mol. The number of aromatic nitrogens is 1. The number of nitrogens with zero attached hydrogens (tertiary/aromatic N) is 1. The smallest absolute Gasteiger partial charge is 0.489 e. The predicted molar refractivity (Wildman–Crippen MR) is 95.1 cm³/mol. The van der Waals surface area contributed by atoms with Gasteiger partial charge in [-0.05, 0) is 12.0 Å². The van der Waals surface area contributed by atoms with Crippen LogP contribution in [0.4, 0.5) is 13.2 Å². The largest absolute Gasteiger partial charge is 0.490 e. The van der Waals surface area contributed by atoms with Crippen LogP contribution >= 0.6 is 0 Å². The van der Waals surface area contributed by atoms with Crippen molar-refractivity contribution in [3.63, 3.8) is 0 Å². The number of hydrogen-bond acceptors (Lipinski definition) is 6. The van der Waals surface area contributed by atoms with Crippen molar-refractivity contribution in [2.24, 2.45) is 5.73 Å². The lowest BCUT2D eigenvalue weighted by Crippen LogP contribution is -2.30. The number of alkyl halides is 3. The molecule has 0 fully saturated rings. The van der Waals surface area contributed by atoms with Gasteiger partial charge in [-0.3, -0.25) is 0 Å². The molecule has 0 aliphatic heterocycles. The SMILES string of the molecule is COc1cc(C(=O)O)c(OCC(N)Cc2ccccc2)cn1.O=C(O)C(F)(F)F. The predicted octanol–water partition coefficient (Wildman–Crippen LogP) is 2.37. The molecule has 1 heterocycles. The summed E-state index contributed by atoms with van der Waals surface area (Å²) in [6, 6.07) is 10.9. The number of nitrogens with two attached hydrogens (primary N) is 1. The molecular formula is C18H19F3N2O6. The van der Waals surface area contributed by atoms with Crippen LogP contribution in [0.3, 0.4) is 0 Å². The summed E-state index contributed by atoms with van der Waals surface area (Å²) in [6.07, 6.45) is -3.11. The van der Waals surface area contributed by atoms with E-state index < -0.39 is 18.1 Å². The quantitative estimate of drug-likeness (QED) is 0.627. The van der Waals surface area contributed by atoms with E-state index in [0.29, 0.717) is 6.42 Å². The zero-order chi connectivity index (χ0) is 22.0. The van der Waals surface area contributed by atoms with Crippen LogP contribution < -0.4 is 15.2 Å². The summed E-state index contributed by atoms with van der Waals surface area (Å²) in [5.74, 6) is -3.46. The normalized spacial score (nSPS) is 11.6. The molecule has 4 N–H and O–H groups in total. The first-order chi connectivity index (χ1) is 13.5. The summed E-state index contributed by atoms with van der Waals surface area (Å²) < 4.78 is 42.2. The zero-order valence-electron chi connectivity index (χ0n) is 15.2. The fourth-order valence-corrected chi connectivity index (χ4v) is 1.99. The molecule has 0 spiro atoms. The molecule has 158 valence electrons. The van der Waals surface area contributed by atoms with E-state index in [4.69, 9.17) is 25.1 Å². The van der Waals surface area contributed by atoms with Gasteiger partial charge in [0.15, 0.2) is 5.75 Å². The second-order valence-electron chi connectivity index (χ2n) is 5.59. The Hall–Kier alpha value is -3.34. The third-order valence-electron chi connectivity index (χ3n) is 3.32. The Morgan fingerprint density at radius 1 is 1.21 bits per heavy atom. The van der Waals surface area contributed by atoms with E-state index in [1.165, 1.54) is 19.4 Å². The fraction of sp³-hybridized carbons (Fsp3) is 0.278. The van der Waals surface area contributed by atoms with Gasteiger partial charge >= 0.3 is 18.1 Å². The number of hydrogen-bond donors (Lipinski definition) is 3. The molecule has 0 aliphatic carbocycles. The van der Waals surface area contributed by atoms with Crippen LogP contribution in [-0.2, 0) is 11.2 Å². The molecule has 2 rings (SSSR count). The van der Waals surface area contributed by atoms with Gasteiger partial charge in [-0.25, -0.2) is 14.6 Å². The number of pyridine rings is 1. The summed E-state index contributed by atoms with van der Waals surface area (Å²) in [7, 11) is 1.42. The zero-order valence-corrected chi connectivity index (χ0v) is 15.2.